The number of rotatable bonds is 8. The average Bonchev–Trinajstić information content (AvgIpc) is 2.82. The van der Waals surface area contributed by atoms with Crippen LogP contribution in [0.25, 0.3) is 0 Å². The molecule has 3 rings (SSSR count). The van der Waals surface area contributed by atoms with Gasteiger partial charge in [-0.15, -0.1) is 6.58 Å². The number of hydrogen-bond donors (Lipinski definition) is 0. The number of carbonyl (C=O) groups is 3. The van der Waals surface area contributed by atoms with Crippen molar-refractivity contribution in [1.82, 2.24) is 0 Å². The van der Waals surface area contributed by atoms with Crippen molar-refractivity contribution < 1.29 is 38.1 Å². The van der Waals surface area contributed by atoms with Crippen LogP contribution in [0.15, 0.2) is 73.3 Å². The third kappa shape index (κ3) is 6.27. The first-order valence-electron chi connectivity index (χ1n) is 10.5. The molecule has 0 N–H and O–H groups in total. The van der Waals surface area contributed by atoms with E-state index in [9.17, 15) is 14.4 Å². The second-order valence-electron chi connectivity index (χ2n) is 7.38. The van der Waals surface area contributed by atoms with Gasteiger partial charge in [0.2, 0.25) is 0 Å². The minimum absolute atomic E-state index is 0.0953. The van der Waals surface area contributed by atoms with Gasteiger partial charge in [0.05, 0.1) is 23.8 Å². The van der Waals surface area contributed by atoms with Gasteiger partial charge in [0.15, 0.2) is 24.6 Å². The molecule has 33 heavy (non-hydrogen) atoms. The molecule has 0 bridgehead atoms. The maximum Gasteiger partial charge on any atom is 0.338 e. The van der Waals surface area contributed by atoms with Crippen LogP contribution in [0.2, 0.25) is 0 Å². The molecular formula is C25H26O8. The minimum Gasteiger partial charge on any atom is -0.454 e. The molecule has 1 aliphatic heterocycles. The Bertz CT molecular complexity index is 959. The third-order valence-electron chi connectivity index (χ3n) is 4.91. The summed E-state index contributed by atoms with van der Waals surface area (Å²) in [5.74, 6) is -1.94. The fourth-order valence-corrected chi connectivity index (χ4v) is 3.42. The van der Waals surface area contributed by atoms with Gasteiger partial charge in [-0.05, 0) is 31.2 Å². The Morgan fingerprint density at radius 2 is 1.36 bits per heavy atom. The molecule has 8 heteroatoms. The van der Waals surface area contributed by atoms with E-state index in [-0.39, 0.29) is 12.2 Å². The van der Waals surface area contributed by atoms with Crippen LogP contribution >= 0.6 is 0 Å². The van der Waals surface area contributed by atoms with Gasteiger partial charge < -0.3 is 23.7 Å². The fraction of sp³-hybridized carbons (Fsp3) is 0.320. The molecule has 0 unspecified atom stereocenters. The number of hydrogen-bond acceptors (Lipinski definition) is 8. The lowest BCUT2D eigenvalue weighted by Crippen LogP contribution is -2.61. The number of ether oxygens (including phenoxy) is 5. The first-order chi connectivity index (χ1) is 15.9. The first kappa shape index (κ1) is 24.2. The van der Waals surface area contributed by atoms with Crippen molar-refractivity contribution in [3.63, 3.8) is 0 Å². The van der Waals surface area contributed by atoms with Crippen molar-refractivity contribution in [3.05, 3.63) is 84.4 Å². The molecule has 1 fully saturated rings. The van der Waals surface area contributed by atoms with E-state index >= 15 is 0 Å². The smallest absolute Gasteiger partial charge is 0.338 e. The summed E-state index contributed by atoms with van der Waals surface area (Å²) in [7, 11) is 0. The van der Waals surface area contributed by atoms with Crippen LogP contribution < -0.4 is 0 Å². The lowest BCUT2D eigenvalue weighted by atomic mass is 9.98. The zero-order valence-electron chi connectivity index (χ0n) is 18.4. The highest BCUT2D eigenvalue weighted by molar-refractivity contribution is 5.90. The second-order valence-corrected chi connectivity index (χ2v) is 7.38. The summed E-state index contributed by atoms with van der Waals surface area (Å²) in [6.07, 6.45) is -3.73. The van der Waals surface area contributed by atoms with E-state index in [0.717, 1.165) is 0 Å². The van der Waals surface area contributed by atoms with Gasteiger partial charge in [-0.1, -0.05) is 42.5 Å². The van der Waals surface area contributed by atoms with Gasteiger partial charge >= 0.3 is 17.9 Å². The Kier molecular flexibility index (Phi) is 8.34. The predicted octanol–water partition coefficient (Wildman–Crippen LogP) is 3.32. The highest BCUT2D eigenvalue weighted by atomic mass is 16.7. The lowest BCUT2D eigenvalue weighted by molar-refractivity contribution is -0.291. The second kappa shape index (κ2) is 11.4. The topological polar surface area (TPSA) is 97.4 Å². The zero-order valence-corrected chi connectivity index (χ0v) is 18.4. The van der Waals surface area contributed by atoms with E-state index in [1.165, 1.54) is 13.0 Å². The third-order valence-corrected chi connectivity index (χ3v) is 4.91. The predicted molar refractivity (Wildman–Crippen MR) is 117 cm³/mol. The molecule has 174 valence electrons. The first-order valence-corrected chi connectivity index (χ1v) is 10.5. The van der Waals surface area contributed by atoms with E-state index in [1.54, 1.807) is 67.6 Å². The van der Waals surface area contributed by atoms with E-state index in [0.29, 0.717) is 5.56 Å². The molecule has 2 aromatic carbocycles. The molecule has 0 spiro atoms. The Morgan fingerprint density at radius 1 is 0.848 bits per heavy atom. The van der Waals surface area contributed by atoms with Crippen molar-refractivity contribution in [2.24, 2.45) is 0 Å². The quantitative estimate of drug-likeness (QED) is 0.340. The van der Waals surface area contributed by atoms with Gasteiger partial charge in [0.1, 0.15) is 0 Å². The van der Waals surface area contributed by atoms with Gasteiger partial charge in [-0.25, -0.2) is 9.59 Å². The molecule has 1 saturated heterocycles. The van der Waals surface area contributed by atoms with E-state index in [4.69, 9.17) is 23.7 Å². The van der Waals surface area contributed by atoms with Crippen LogP contribution in [0.4, 0.5) is 0 Å². The molecule has 0 saturated carbocycles. The molecule has 1 heterocycles. The summed E-state index contributed by atoms with van der Waals surface area (Å²) in [5.41, 5.74) is 0.604. The summed E-state index contributed by atoms with van der Waals surface area (Å²) >= 11 is 0. The SMILES string of the molecule is C=CCO[C@@H]1O[C@@H](C)[C@H](OC(=O)c2ccccc2)[C@@H](OC(C)=O)[C@H]1OC(=O)c1ccccc1. The van der Waals surface area contributed by atoms with Crippen LogP contribution in [0.5, 0.6) is 0 Å². The number of benzene rings is 2. The Hall–Kier alpha value is -3.49. The Balaban J connectivity index is 1.90. The Labute approximate surface area is 192 Å². The maximum atomic E-state index is 12.8. The molecule has 1 aliphatic rings. The molecule has 8 nitrogen and oxygen atoms in total. The van der Waals surface area contributed by atoms with Crippen molar-refractivity contribution in [3.8, 4) is 0 Å². The molecular weight excluding hydrogens is 428 g/mol. The van der Waals surface area contributed by atoms with E-state index < -0.39 is 48.6 Å². The zero-order chi connectivity index (χ0) is 23.8. The van der Waals surface area contributed by atoms with E-state index in [1.807, 2.05) is 0 Å². The highest BCUT2D eigenvalue weighted by Gasteiger charge is 2.51. The van der Waals surface area contributed by atoms with Crippen LogP contribution in [0.3, 0.4) is 0 Å². The fourth-order valence-electron chi connectivity index (χ4n) is 3.42. The van der Waals surface area contributed by atoms with Crippen molar-refractivity contribution in [2.45, 2.75) is 44.6 Å². The van der Waals surface area contributed by atoms with Gasteiger partial charge in [0.25, 0.3) is 0 Å². The van der Waals surface area contributed by atoms with Crippen molar-refractivity contribution in [1.29, 1.82) is 0 Å². The monoisotopic (exact) mass is 454 g/mol. The average molecular weight is 454 g/mol. The Morgan fingerprint density at radius 3 is 1.85 bits per heavy atom. The van der Waals surface area contributed by atoms with Crippen LogP contribution in [-0.2, 0) is 28.5 Å². The van der Waals surface area contributed by atoms with Gasteiger partial charge in [-0.2, -0.15) is 0 Å². The molecule has 0 aromatic heterocycles. The summed E-state index contributed by atoms with van der Waals surface area (Å²) < 4.78 is 28.4. The number of carbonyl (C=O) groups excluding carboxylic acids is 3. The summed E-state index contributed by atoms with van der Waals surface area (Å²) in [6, 6.07) is 16.7. The van der Waals surface area contributed by atoms with Gasteiger partial charge in [-0.3, -0.25) is 4.79 Å². The standard InChI is InChI=1S/C25H26O8/c1-4-15-29-25-22(33-24(28)19-13-9-6-10-14-19)21(31-17(3)26)20(16(2)30-25)32-23(27)18-11-7-5-8-12-18/h4-14,16,20-22,25H,1,15H2,2-3H3/t16-,20-,21+,22+,25+/m0/s1. The lowest BCUT2D eigenvalue weighted by Gasteiger charge is -2.43. The van der Waals surface area contributed by atoms with Crippen LogP contribution in [0, 0.1) is 0 Å². The normalized spacial score (nSPS) is 24.4. The molecule has 0 radical (unpaired) electrons. The molecule has 0 amide bonds. The van der Waals surface area contributed by atoms with Gasteiger partial charge in [0, 0.05) is 6.92 Å². The largest absolute Gasteiger partial charge is 0.454 e. The number of esters is 3. The maximum absolute atomic E-state index is 12.8. The van der Waals surface area contributed by atoms with Crippen molar-refractivity contribution >= 4 is 17.9 Å². The summed E-state index contributed by atoms with van der Waals surface area (Å²) in [6.45, 7) is 6.57. The van der Waals surface area contributed by atoms with Crippen LogP contribution in [-0.4, -0.2) is 55.2 Å². The van der Waals surface area contributed by atoms with E-state index in [2.05, 4.69) is 6.58 Å². The summed E-state index contributed by atoms with van der Waals surface area (Å²) in [4.78, 5) is 37.5. The highest BCUT2D eigenvalue weighted by Crippen LogP contribution is 2.30. The molecule has 2 aromatic rings. The van der Waals surface area contributed by atoms with Crippen molar-refractivity contribution in [2.75, 3.05) is 6.61 Å². The molecule has 0 aliphatic carbocycles. The minimum atomic E-state index is -1.20. The summed E-state index contributed by atoms with van der Waals surface area (Å²) in [5, 5.41) is 0. The molecule has 5 atom stereocenters. The van der Waals surface area contributed by atoms with Crippen LogP contribution in [0.1, 0.15) is 34.6 Å².